The van der Waals surface area contributed by atoms with E-state index in [9.17, 15) is 0 Å². The van der Waals surface area contributed by atoms with Crippen LogP contribution in [0.1, 0.15) is 12.8 Å². The second-order valence-corrected chi connectivity index (χ2v) is 5.83. The molecule has 1 heterocycles. The molecule has 1 rings (SSSR count). The maximum absolute atomic E-state index is 4.66. The molecule has 11 heteroatoms. The Bertz CT molecular complexity index is 176. The minimum Gasteiger partial charge on any atom is -0.415 e. The zero-order chi connectivity index (χ0) is 14.3. The molecule has 0 atom stereocenters. The summed E-state index contributed by atoms with van der Waals surface area (Å²) in [6.45, 7) is 2.50. The van der Waals surface area contributed by atoms with E-state index in [0.29, 0.717) is 0 Å². The Hall–Kier alpha value is 1.17. The molecule has 1 saturated heterocycles. The molecule has 104 valence electrons. The van der Waals surface area contributed by atoms with E-state index in [1.807, 2.05) is 0 Å². The molecule has 0 aliphatic carbocycles. The first-order valence-electron chi connectivity index (χ1n) is 4.30. The Balaban J connectivity index is -0.0000000719. The normalized spacial score (nSPS) is 10.7. The number of nitrogens with one attached hydrogen (secondary N) is 1. The molecule has 4 nitrogen and oxygen atoms in total. The minimum absolute atomic E-state index is 0. The summed E-state index contributed by atoms with van der Waals surface area (Å²) in [5, 5.41) is 3.22. The molecule has 0 aromatic heterocycles. The molecule has 18 heavy (non-hydrogen) atoms. The van der Waals surface area contributed by atoms with Crippen molar-refractivity contribution in [3.63, 3.8) is 0 Å². The van der Waals surface area contributed by atoms with Crippen LogP contribution in [0.4, 0.5) is 0 Å². The van der Waals surface area contributed by atoms with Gasteiger partial charge in [-0.25, -0.2) is 0 Å². The quantitative estimate of drug-likeness (QED) is 0.175. The first kappa shape index (κ1) is 27.5. The maximum atomic E-state index is 4.66. The van der Waals surface area contributed by atoms with Gasteiger partial charge in [0.15, 0.2) is 0 Å². The van der Waals surface area contributed by atoms with Gasteiger partial charge in [0.1, 0.15) is 0 Å². The third kappa shape index (κ3) is 118. The van der Waals surface area contributed by atoms with Crippen molar-refractivity contribution in [3.05, 3.63) is 0 Å². The van der Waals surface area contributed by atoms with Crippen LogP contribution in [-0.4, -0.2) is 52.3 Å². The van der Waals surface area contributed by atoms with Gasteiger partial charge in [0.05, 0.1) is 0 Å². The molecule has 0 bridgehead atoms. The van der Waals surface area contributed by atoms with Crippen molar-refractivity contribution in [1.29, 1.82) is 0 Å². The van der Waals surface area contributed by atoms with E-state index in [0.717, 1.165) is 0 Å². The molecule has 1 aliphatic heterocycles. The van der Waals surface area contributed by atoms with Crippen molar-refractivity contribution in [2.75, 3.05) is 13.1 Å². The Morgan fingerprint density at radius 1 is 0.778 bits per heavy atom. The Labute approximate surface area is 160 Å². The predicted molar refractivity (Wildman–Crippen MR) is 100 cm³/mol. The van der Waals surface area contributed by atoms with Crippen molar-refractivity contribution in [3.8, 4) is 0 Å². The SMILES string of the molecule is C1CCNC1.NC(=S)[S-].NC(=S)[S-].NC(=S)[S-].[Bi+3]. The van der Waals surface area contributed by atoms with Crippen molar-refractivity contribution in [1.82, 2.24) is 5.32 Å². The fourth-order valence-corrected chi connectivity index (χ4v) is 0.625. The molecule has 0 aromatic rings. The van der Waals surface area contributed by atoms with Crippen LogP contribution in [0, 0.1) is 0 Å². The summed E-state index contributed by atoms with van der Waals surface area (Å²) in [6.07, 6.45) is 2.78. The Morgan fingerprint density at radius 2 is 0.944 bits per heavy atom. The third-order valence-electron chi connectivity index (χ3n) is 0.957. The first-order valence-corrected chi connectivity index (χ1v) is 6.75. The van der Waals surface area contributed by atoms with Gasteiger partial charge in [-0.2, -0.15) is 0 Å². The number of nitrogens with two attached hydrogens (primary N) is 3. The summed E-state index contributed by atoms with van der Waals surface area (Å²) in [5.41, 5.74) is 14.0. The molecular formula is C7H15BiN4S6. The smallest absolute Gasteiger partial charge is 0.415 e. The second kappa shape index (κ2) is 23.3. The van der Waals surface area contributed by atoms with Gasteiger partial charge >= 0.3 is 26.2 Å². The van der Waals surface area contributed by atoms with E-state index >= 15 is 0 Å². The monoisotopic (exact) mass is 556 g/mol. The third-order valence-corrected chi connectivity index (χ3v) is 0.957. The van der Waals surface area contributed by atoms with Gasteiger partial charge in [-0.1, -0.05) is 13.0 Å². The Kier molecular flexibility index (Phi) is 35.6. The fraction of sp³-hybridized carbons (Fsp3) is 0.571. The number of hydrogen-bond donors (Lipinski definition) is 4. The molecule has 1 fully saturated rings. The van der Waals surface area contributed by atoms with E-state index < -0.39 is 0 Å². The molecule has 0 amide bonds. The summed E-state index contributed by atoms with van der Waals surface area (Å²) in [6, 6.07) is 0. The first-order chi connectivity index (χ1) is 7.70. The van der Waals surface area contributed by atoms with Crippen molar-refractivity contribution >= 4 is 114 Å². The summed E-state index contributed by atoms with van der Waals surface area (Å²) in [7, 11) is 0. The molecule has 7 N–H and O–H groups in total. The van der Waals surface area contributed by atoms with Gasteiger partial charge in [-0.3, -0.25) is 0 Å². The van der Waals surface area contributed by atoms with E-state index in [4.69, 9.17) is 0 Å². The number of thiocarbonyl (C=S) groups is 3. The van der Waals surface area contributed by atoms with Crippen LogP contribution >= 0.6 is 36.7 Å². The fourth-order valence-electron chi connectivity index (χ4n) is 0.625. The molecule has 2 radical (unpaired) electrons. The van der Waals surface area contributed by atoms with Gasteiger partial charge in [0.2, 0.25) is 0 Å². The van der Waals surface area contributed by atoms with Gasteiger partial charge in [0.25, 0.3) is 0 Å². The van der Waals surface area contributed by atoms with Crippen LogP contribution in [0.3, 0.4) is 0 Å². The zero-order valence-electron chi connectivity index (χ0n) is 9.46. The van der Waals surface area contributed by atoms with E-state index in [1.54, 1.807) is 0 Å². The largest absolute Gasteiger partial charge is 3.00 e. The zero-order valence-corrected chi connectivity index (χ0v) is 17.8. The number of hydrogen-bond acceptors (Lipinski definition) is 7. The summed E-state index contributed by atoms with van der Waals surface area (Å²) >= 11 is 24.8. The van der Waals surface area contributed by atoms with Crippen LogP contribution in [0.5, 0.6) is 0 Å². The molecule has 0 spiro atoms. The van der Waals surface area contributed by atoms with E-state index in [2.05, 4.69) is 97.1 Å². The van der Waals surface area contributed by atoms with Gasteiger partial charge in [-0.15, -0.1) is 0 Å². The Morgan fingerprint density at radius 3 is 1.00 bits per heavy atom. The standard InChI is InChI=1S/C4H9N.3CH3NS2.Bi/c1-2-4-5-3-1;3*2-1(3)4;/h5H,1-4H2;3*(H3,2,3,4);/q;;;;+3/p-3. The van der Waals surface area contributed by atoms with Crippen molar-refractivity contribution < 1.29 is 0 Å². The van der Waals surface area contributed by atoms with Crippen molar-refractivity contribution in [2.45, 2.75) is 12.8 Å². The molecule has 0 aromatic carbocycles. The molecule has 1 aliphatic rings. The number of rotatable bonds is 0. The molecular weight excluding hydrogens is 541 g/mol. The second-order valence-electron chi connectivity index (χ2n) is 2.41. The maximum Gasteiger partial charge on any atom is 3.00 e. The van der Waals surface area contributed by atoms with Gasteiger partial charge < -0.3 is 97.1 Å². The topological polar surface area (TPSA) is 90.1 Å². The van der Waals surface area contributed by atoms with E-state index in [1.165, 1.54) is 25.9 Å². The minimum atomic E-state index is 0. The van der Waals surface area contributed by atoms with Gasteiger partial charge in [0, 0.05) is 0 Å². The van der Waals surface area contributed by atoms with E-state index in [-0.39, 0.29) is 39.2 Å². The molecule has 0 unspecified atom stereocenters. The van der Waals surface area contributed by atoms with Gasteiger partial charge in [-0.05, 0) is 25.9 Å². The predicted octanol–water partition coefficient (Wildman–Crippen LogP) is -0.680. The van der Waals surface area contributed by atoms with Crippen LogP contribution in [0.2, 0.25) is 0 Å². The summed E-state index contributed by atoms with van der Waals surface area (Å²) in [5.74, 6) is 0. The van der Waals surface area contributed by atoms with Crippen LogP contribution in [0.15, 0.2) is 0 Å². The summed E-state index contributed by atoms with van der Waals surface area (Å²) in [4.78, 5) is 0. The van der Waals surface area contributed by atoms with Crippen LogP contribution < -0.4 is 22.5 Å². The summed E-state index contributed by atoms with van der Waals surface area (Å²) < 4.78 is 0.250. The van der Waals surface area contributed by atoms with Crippen LogP contribution in [-0.2, 0) is 37.9 Å². The van der Waals surface area contributed by atoms with Crippen molar-refractivity contribution in [2.24, 2.45) is 17.2 Å². The van der Waals surface area contributed by atoms with Crippen LogP contribution in [0.25, 0.3) is 0 Å². The molecule has 0 saturated carbocycles. The average molecular weight is 557 g/mol. The average Bonchev–Trinajstić information content (AvgIpc) is 2.53.